The molecule has 1 fully saturated rings. The Bertz CT molecular complexity index is 697. The van der Waals surface area contributed by atoms with E-state index in [1.54, 1.807) is 12.1 Å². The van der Waals surface area contributed by atoms with Gasteiger partial charge in [-0.15, -0.1) is 0 Å². The van der Waals surface area contributed by atoms with Crippen molar-refractivity contribution in [2.24, 2.45) is 10.9 Å². The van der Waals surface area contributed by atoms with Gasteiger partial charge in [0.15, 0.2) is 9.84 Å². The fourth-order valence-electron chi connectivity index (χ4n) is 3.10. The summed E-state index contributed by atoms with van der Waals surface area (Å²) in [5.41, 5.74) is 1.04. The van der Waals surface area contributed by atoms with E-state index in [4.69, 9.17) is 0 Å². The summed E-state index contributed by atoms with van der Waals surface area (Å²) in [6.45, 7) is 5.35. The maximum absolute atomic E-state index is 12.2. The van der Waals surface area contributed by atoms with Crippen LogP contribution in [0.5, 0.6) is 0 Å². The van der Waals surface area contributed by atoms with Crippen molar-refractivity contribution in [1.82, 2.24) is 0 Å². The van der Waals surface area contributed by atoms with Crippen molar-refractivity contribution in [3.8, 4) is 0 Å². The Labute approximate surface area is 133 Å². The van der Waals surface area contributed by atoms with Crippen LogP contribution in [0.15, 0.2) is 26.5 Å². The van der Waals surface area contributed by atoms with Gasteiger partial charge in [0.05, 0.1) is 10.5 Å². The molecule has 1 aromatic rings. The molecule has 114 valence electrons. The van der Waals surface area contributed by atoms with Gasteiger partial charge in [0.2, 0.25) is 0 Å². The predicted octanol–water partition coefficient (Wildman–Crippen LogP) is 3.60. The topological polar surface area (TPSA) is 63.6 Å². The van der Waals surface area contributed by atoms with Gasteiger partial charge in [-0.05, 0) is 52.5 Å². The number of benzene rings is 1. The molecule has 0 spiro atoms. The maximum Gasteiger partial charge on any atom is 0.277 e. The molecule has 0 bridgehead atoms. The van der Waals surface area contributed by atoms with Gasteiger partial charge in [0, 0.05) is 10.7 Å². The first-order valence-electron chi connectivity index (χ1n) is 6.81. The van der Waals surface area contributed by atoms with Crippen molar-refractivity contribution in [3.05, 3.63) is 27.7 Å². The van der Waals surface area contributed by atoms with Crippen molar-refractivity contribution in [2.75, 3.05) is 6.26 Å². The Morgan fingerprint density at radius 3 is 2.52 bits per heavy atom. The molecule has 0 radical (unpaired) electrons. The van der Waals surface area contributed by atoms with Crippen molar-refractivity contribution in [1.29, 1.82) is 0 Å². The van der Waals surface area contributed by atoms with E-state index in [1.807, 2.05) is 0 Å². The minimum Gasteiger partial charge on any atom is -0.267 e. The van der Waals surface area contributed by atoms with E-state index in [-0.39, 0.29) is 16.4 Å². The highest BCUT2D eigenvalue weighted by Crippen LogP contribution is 2.44. The summed E-state index contributed by atoms with van der Waals surface area (Å²) < 4.78 is 24.7. The summed E-state index contributed by atoms with van der Waals surface area (Å²) in [6.07, 6.45) is 4.34. The van der Waals surface area contributed by atoms with Gasteiger partial charge in [-0.1, -0.05) is 25.8 Å². The molecule has 1 aromatic carbocycles. The van der Waals surface area contributed by atoms with E-state index in [1.165, 1.54) is 6.26 Å². The number of hydrogen-bond donors (Lipinski definition) is 0. The fourth-order valence-corrected chi connectivity index (χ4v) is 5.59. The van der Waals surface area contributed by atoms with Crippen LogP contribution in [0.2, 0.25) is 0 Å². The molecule has 6 heteroatoms. The SMILES string of the molecule is C=NC(=O)c1ccc(C2CCCC2C)c(S(C)(=O)=O)c1Br. The third kappa shape index (κ3) is 3.11. The molecular weight excluding hydrogens is 354 g/mol. The number of carbonyl (C=O) groups excluding carboxylic acids is 1. The Balaban J connectivity index is 2.70. The molecular formula is C15H18BrNO3S. The van der Waals surface area contributed by atoms with E-state index in [9.17, 15) is 13.2 Å². The van der Waals surface area contributed by atoms with Gasteiger partial charge in [-0.3, -0.25) is 4.79 Å². The van der Waals surface area contributed by atoms with Gasteiger partial charge in [-0.25, -0.2) is 13.4 Å². The number of hydrogen-bond acceptors (Lipinski definition) is 3. The minimum atomic E-state index is -3.45. The second-order valence-electron chi connectivity index (χ2n) is 5.60. The summed E-state index contributed by atoms with van der Waals surface area (Å²) in [6, 6.07) is 3.39. The number of sulfone groups is 1. The monoisotopic (exact) mass is 371 g/mol. The van der Waals surface area contributed by atoms with E-state index < -0.39 is 15.7 Å². The Morgan fingerprint density at radius 1 is 1.38 bits per heavy atom. The van der Waals surface area contributed by atoms with E-state index in [0.717, 1.165) is 24.8 Å². The summed E-state index contributed by atoms with van der Waals surface area (Å²) in [5, 5.41) is 0. The third-order valence-electron chi connectivity index (χ3n) is 4.13. The third-order valence-corrected chi connectivity index (χ3v) is 6.40. The number of amides is 1. The second-order valence-corrected chi connectivity index (χ2v) is 8.34. The molecule has 21 heavy (non-hydrogen) atoms. The highest BCUT2D eigenvalue weighted by atomic mass is 79.9. The van der Waals surface area contributed by atoms with Crippen LogP contribution in [0.25, 0.3) is 0 Å². The molecule has 0 saturated heterocycles. The largest absolute Gasteiger partial charge is 0.277 e. The number of rotatable bonds is 3. The molecule has 1 aliphatic carbocycles. The normalized spacial score (nSPS) is 22.2. The van der Waals surface area contributed by atoms with E-state index in [2.05, 4.69) is 34.6 Å². The fraction of sp³-hybridized carbons (Fsp3) is 0.467. The lowest BCUT2D eigenvalue weighted by Crippen LogP contribution is -2.12. The van der Waals surface area contributed by atoms with Crippen molar-refractivity contribution >= 4 is 38.4 Å². The van der Waals surface area contributed by atoms with Crippen LogP contribution in [-0.4, -0.2) is 27.3 Å². The van der Waals surface area contributed by atoms with Crippen molar-refractivity contribution < 1.29 is 13.2 Å². The zero-order chi connectivity index (χ0) is 15.8. The minimum absolute atomic E-state index is 0.215. The highest BCUT2D eigenvalue weighted by molar-refractivity contribution is 9.10. The Hall–Kier alpha value is -1.01. The Kier molecular flexibility index (Phi) is 4.68. The summed E-state index contributed by atoms with van der Waals surface area (Å²) in [4.78, 5) is 15.3. The number of nitrogens with zero attached hydrogens (tertiary/aromatic N) is 1. The van der Waals surface area contributed by atoms with Gasteiger partial charge in [0.1, 0.15) is 0 Å². The quantitative estimate of drug-likeness (QED) is 0.762. The molecule has 2 atom stereocenters. The molecule has 2 unspecified atom stereocenters. The van der Waals surface area contributed by atoms with Gasteiger partial charge >= 0.3 is 0 Å². The molecule has 0 aromatic heterocycles. The molecule has 0 N–H and O–H groups in total. The molecule has 0 aliphatic heterocycles. The van der Waals surface area contributed by atoms with Crippen LogP contribution < -0.4 is 0 Å². The lowest BCUT2D eigenvalue weighted by Gasteiger charge is -2.20. The lowest BCUT2D eigenvalue weighted by molar-refractivity contribution is 0.100. The molecule has 0 heterocycles. The number of halogens is 1. The average molecular weight is 372 g/mol. The molecule has 1 saturated carbocycles. The van der Waals surface area contributed by atoms with Crippen LogP contribution in [0.3, 0.4) is 0 Å². The summed E-state index contributed by atoms with van der Waals surface area (Å²) in [5.74, 6) is 0.126. The molecule has 4 nitrogen and oxygen atoms in total. The van der Waals surface area contributed by atoms with Gasteiger partial charge in [-0.2, -0.15) is 0 Å². The number of aliphatic imine (C=N–C) groups is 1. The zero-order valence-electron chi connectivity index (χ0n) is 12.1. The van der Waals surface area contributed by atoms with Gasteiger partial charge in [0.25, 0.3) is 5.91 Å². The van der Waals surface area contributed by atoms with Crippen LogP contribution in [0.1, 0.15) is 48.0 Å². The van der Waals surface area contributed by atoms with Crippen molar-refractivity contribution in [3.63, 3.8) is 0 Å². The van der Waals surface area contributed by atoms with Crippen molar-refractivity contribution in [2.45, 2.75) is 37.0 Å². The first-order chi connectivity index (χ1) is 9.77. The smallest absolute Gasteiger partial charge is 0.267 e. The van der Waals surface area contributed by atoms with E-state index in [0.29, 0.717) is 10.4 Å². The first kappa shape index (κ1) is 16.4. The van der Waals surface area contributed by atoms with E-state index >= 15 is 0 Å². The van der Waals surface area contributed by atoms with Crippen LogP contribution >= 0.6 is 15.9 Å². The van der Waals surface area contributed by atoms with Gasteiger partial charge < -0.3 is 0 Å². The maximum atomic E-state index is 12.2. The summed E-state index contributed by atoms with van der Waals surface area (Å²) in [7, 11) is -3.45. The predicted molar refractivity (Wildman–Crippen MR) is 86.9 cm³/mol. The second kappa shape index (κ2) is 6.01. The summed E-state index contributed by atoms with van der Waals surface area (Å²) >= 11 is 3.29. The average Bonchev–Trinajstić information content (AvgIpc) is 2.82. The number of carbonyl (C=O) groups is 1. The first-order valence-corrected chi connectivity index (χ1v) is 9.49. The van der Waals surface area contributed by atoms with Crippen LogP contribution in [0.4, 0.5) is 0 Å². The van der Waals surface area contributed by atoms with Crippen LogP contribution in [-0.2, 0) is 9.84 Å². The molecule has 1 aliphatic rings. The van der Waals surface area contributed by atoms with Crippen LogP contribution in [0, 0.1) is 5.92 Å². The standard InChI is InChI=1S/C15H18BrNO3S/c1-9-5-4-6-10(9)11-7-8-12(15(18)17-2)13(16)14(11)21(3,19)20/h7-10H,2,4-6H2,1,3H3. The highest BCUT2D eigenvalue weighted by Gasteiger charge is 2.31. The molecule has 1 amide bonds. The zero-order valence-corrected chi connectivity index (χ0v) is 14.5. The lowest BCUT2D eigenvalue weighted by atomic mass is 9.89. The molecule has 2 rings (SSSR count). The Morgan fingerprint density at radius 2 is 2.05 bits per heavy atom.